The normalized spacial score (nSPS) is 11.4. The lowest BCUT2D eigenvalue weighted by Gasteiger charge is -2.07. The van der Waals surface area contributed by atoms with Crippen LogP contribution in [0.5, 0.6) is 0 Å². The molecule has 0 bridgehead atoms. The highest BCUT2D eigenvalue weighted by Gasteiger charge is 2.19. The molecule has 0 unspecified atom stereocenters. The van der Waals surface area contributed by atoms with E-state index in [9.17, 15) is 4.79 Å². The fourth-order valence-corrected chi connectivity index (χ4v) is 6.88. The van der Waals surface area contributed by atoms with Crippen molar-refractivity contribution in [1.82, 2.24) is 0 Å². The topological polar surface area (TPSA) is 69.1 Å². The second-order valence-corrected chi connectivity index (χ2v) is 12.9. The zero-order chi connectivity index (χ0) is 27.7. The summed E-state index contributed by atoms with van der Waals surface area (Å²) in [6.45, 7) is 4.57. The first-order valence-corrected chi connectivity index (χ1v) is 17.6. The third-order valence-electron chi connectivity index (χ3n) is 8.15. The molecule has 1 amide bonds. The van der Waals surface area contributed by atoms with Crippen LogP contribution in [0.25, 0.3) is 0 Å². The summed E-state index contributed by atoms with van der Waals surface area (Å²) in [4.78, 5) is 13.4. The number of hydrogen-bond acceptors (Lipinski definition) is 3. The van der Waals surface area contributed by atoms with E-state index in [-0.39, 0.29) is 5.91 Å². The third kappa shape index (κ3) is 17.5. The van der Waals surface area contributed by atoms with Crippen LogP contribution in [0.2, 0.25) is 0 Å². The van der Waals surface area contributed by atoms with Gasteiger partial charge in [-0.3, -0.25) is 4.79 Å². The molecule has 0 aliphatic carbocycles. The molecule has 38 heavy (non-hydrogen) atoms. The van der Waals surface area contributed by atoms with Gasteiger partial charge in [-0.15, -0.1) is 11.3 Å². The Morgan fingerprint density at radius 3 is 1.18 bits per heavy atom. The molecule has 0 spiro atoms. The molecule has 0 saturated heterocycles. The molecule has 1 aromatic heterocycles. The standard InChI is InChI=1S/C34H64N2OS/c1-3-5-7-9-11-13-15-17-18-20-22-24-26-28-30-31(38-34(36)32(30)33(35)37)29-27-25-23-21-19-16-14-12-10-8-6-4-2/h3-29,36H2,1-2H3,(H2,35,37). The van der Waals surface area contributed by atoms with E-state index in [2.05, 4.69) is 13.8 Å². The summed E-state index contributed by atoms with van der Waals surface area (Å²) in [7, 11) is 0. The van der Waals surface area contributed by atoms with Crippen molar-refractivity contribution in [2.45, 2.75) is 187 Å². The number of anilines is 1. The zero-order valence-electron chi connectivity index (χ0n) is 25.6. The number of amides is 1. The molecule has 3 nitrogen and oxygen atoms in total. The van der Waals surface area contributed by atoms with Crippen LogP contribution in [0.1, 0.15) is 195 Å². The molecule has 0 atom stereocenters. The van der Waals surface area contributed by atoms with E-state index in [1.165, 1.54) is 165 Å². The maximum absolute atomic E-state index is 12.1. The summed E-state index contributed by atoms with van der Waals surface area (Å²) in [5, 5.41) is 0.635. The number of primary amides is 1. The first kappa shape index (κ1) is 35.0. The van der Waals surface area contributed by atoms with Crippen molar-refractivity contribution in [3.05, 3.63) is 16.0 Å². The quantitative estimate of drug-likeness (QED) is 0.102. The van der Waals surface area contributed by atoms with E-state index in [1.807, 2.05) is 0 Å². The van der Waals surface area contributed by atoms with Crippen molar-refractivity contribution in [3.8, 4) is 0 Å². The van der Waals surface area contributed by atoms with Crippen molar-refractivity contribution < 1.29 is 4.79 Å². The molecule has 0 radical (unpaired) electrons. The summed E-state index contributed by atoms with van der Waals surface area (Å²) in [5.41, 5.74) is 13.8. The van der Waals surface area contributed by atoms with Crippen molar-refractivity contribution >= 4 is 22.2 Å². The Morgan fingerprint density at radius 2 is 0.842 bits per heavy atom. The summed E-state index contributed by atoms with van der Waals surface area (Å²) < 4.78 is 0. The van der Waals surface area contributed by atoms with E-state index in [4.69, 9.17) is 11.5 Å². The number of carbonyl (C=O) groups is 1. The first-order valence-electron chi connectivity index (χ1n) is 16.8. The van der Waals surface area contributed by atoms with Crippen molar-refractivity contribution in [3.63, 3.8) is 0 Å². The smallest absolute Gasteiger partial charge is 0.251 e. The summed E-state index contributed by atoms with van der Waals surface area (Å²) in [6, 6.07) is 0. The Bertz CT molecular complexity index is 684. The number of unbranched alkanes of at least 4 members (excludes halogenated alkanes) is 23. The minimum atomic E-state index is -0.343. The number of rotatable bonds is 28. The Kier molecular flexibility index (Phi) is 23.0. The molecule has 222 valence electrons. The van der Waals surface area contributed by atoms with Gasteiger partial charge in [0.1, 0.15) is 0 Å². The van der Waals surface area contributed by atoms with Gasteiger partial charge in [-0.05, 0) is 31.2 Å². The maximum Gasteiger partial charge on any atom is 0.251 e. The molecule has 4 heteroatoms. The van der Waals surface area contributed by atoms with Crippen LogP contribution >= 0.6 is 11.3 Å². The Balaban J connectivity index is 2.18. The maximum atomic E-state index is 12.1. The lowest BCUT2D eigenvalue weighted by atomic mass is 9.98. The molecule has 0 saturated carbocycles. The highest BCUT2D eigenvalue weighted by molar-refractivity contribution is 7.16. The Labute approximate surface area is 241 Å². The van der Waals surface area contributed by atoms with Gasteiger partial charge in [0.2, 0.25) is 0 Å². The van der Waals surface area contributed by atoms with E-state index in [0.717, 1.165) is 19.3 Å². The van der Waals surface area contributed by atoms with E-state index < -0.39 is 0 Å². The van der Waals surface area contributed by atoms with Gasteiger partial charge in [-0.1, -0.05) is 162 Å². The van der Waals surface area contributed by atoms with E-state index in [0.29, 0.717) is 10.6 Å². The van der Waals surface area contributed by atoms with Gasteiger partial charge in [-0.25, -0.2) is 0 Å². The van der Waals surface area contributed by atoms with Gasteiger partial charge in [0.25, 0.3) is 5.91 Å². The molecule has 0 aromatic carbocycles. The van der Waals surface area contributed by atoms with Gasteiger partial charge in [0.05, 0.1) is 10.6 Å². The number of carbonyl (C=O) groups excluding carboxylic acids is 1. The monoisotopic (exact) mass is 548 g/mol. The summed E-state index contributed by atoms with van der Waals surface area (Å²) in [5.74, 6) is -0.343. The number of aryl methyl sites for hydroxylation is 1. The summed E-state index contributed by atoms with van der Waals surface area (Å²) >= 11 is 1.61. The van der Waals surface area contributed by atoms with Gasteiger partial charge in [-0.2, -0.15) is 0 Å². The van der Waals surface area contributed by atoms with E-state index in [1.54, 1.807) is 11.3 Å². The SMILES string of the molecule is CCCCCCCCCCCCCCCc1c(CCCCCCCCCCCCCC)sc(N)c1C(N)=O. The Morgan fingerprint density at radius 1 is 0.526 bits per heavy atom. The highest BCUT2D eigenvalue weighted by Crippen LogP contribution is 2.33. The van der Waals surface area contributed by atoms with E-state index >= 15 is 0 Å². The molecule has 0 fully saturated rings. The van der Waals surface area contributed by atoms with Gasteiger partial charge < -0.3 is 11.5 Å². The molecule has 4 N–H and O–H groups in total. The third-order valence-corrected chi connectivity index (χ3v) is 9.27. The van der Waals surface area contributed by atoms with Crippen molar-refractivity contribution in [1.29, 1.82) is 0 Å². The van der Waals surface area contributed by atoms with Crippen LogP contribution in [0.15, 0.2) is 0 Å². The largest absolute Gasteiger partial charge is 0.390 e. The minimum Gasteiger partial charge on any atom is -0.390 e. The number of thiophene rings is 1. The minimum absolute atomic E-state index is 0.343. The number of hydrogen-bond donors (Lipinski definition) is 2. The van der Waals surface area contributed by atoms with Crippen LogP contribution in [-0.4, -0.2) is 5.91 Å². The molecule has 0 aliphatic rings. The molecule has 0 aliphatic heterocycles. The predicted octanol–water partition coefficient (Wildman–Crippen LogP) is 11.3. The molecular weight excluding hydrogens is 484 g/mol. The fourth-order valence-electron chi connectivity index (χ4n) is 5.72. The lowest BCUT2D eigenvalue weighted by molar-refractivity contribution is 0.100. The summed E-state index contributed by atoms with van der Waals surface area (Å²) in [6.07, 6.45) is 36.0. The van der Waals surface area contributed by atoms with Gasteiger partial charge >= 0.3 is 0 Å². The average Bonchev–Trinajstić information content (AvgIpc) is 3.22. The number of nitrogen functional groups attached to an aromatic ring is 1. The van der Waals surface area contributed by atoms with Crippen LogP contribution in [0.3, 0.4) is 0 Å². The average molecular weight is 549 g/mol. The van der Waals surface area contributed by atoms with Crippen LogP contribution < -0.4 is 11.5 Å². The highest BCUT2D eigenvalue weighted by atomic mass is 32.1. The van der Waals surface area contributed by atoms with Gasteiger partial charge in [0, 0.05) is 4.88 Å². The molecule has 1 heterocycles. The predicted molar refractivity (Wildman–Crippen MR) is 171 cm³/mol. The first-order chi connectivity index (χ1) is 18.6. The van der Waals surface area contributed by atoms with Crippen molar-refractivity contribution in [2.24, 2.45) is 5.73 Å². The molecule has 1 aromatic rings. The molecular formula is C34H64N2OS. The second-order valence-electron chi connectivity index (χ2n) is 11.7. The second kappa shape index (κ2) is 25.0. The zero-order valence-corrected chi connectivity index (χ0v) is 26.4. The van der Waals surface area contributed by atoms with Crippen LogP contribution in [0, 0.1) is 0 Å². The molecule has 1 rings (SSSR count). The van der Waals surface area contributed by atoms with Gasteiger partial charge in [0.15, 0.2) is 0 Å². The fraction of sp³-hybridized carbons (Fsp3) is 0.853. The Hall–Kier alpha value is -1.03. The van der Waals surface area contributed by atoms with Crippen LogP contribution in [-0.2, 0) is 12.8 Å². The van der Waals surface area contributed by atoms with Crippen molar-refractivity contribution in [2.75, 3.05) is 5.73 Å². The van der Waals surface area contributed by atoms with Crippen LogP contribution in [0.4, 0.5) is 5.00 Å². The number of nitrogens with two attached hydrogens (primary N) is 2. The lowest BCUT2D eigenvalue weighted by Crippen LogP contribution is -2.14.